The van der Waals surface area contributed by atoms with Gasteiger partial charge in [-0.2, -0.15) is 0 Å². The molecule has 0 unspecified atom stereocenters. The monoisotopic (exact) mass is 378 g/mol. The van der Waals surface area contributed by atoms with E-state index in [4.69, 9.17) is 15.0 Å². The fourth-order valence-electron chi connectivity index (χ4n) is 2.65. The number of carbonyl (C=O) groups is 2. The van der Waals surface area contributed by atoms with Crippen LogP contribution in [0, 0.1) is 13.8 Å². The zero-order chi connectivity index (χ0) is 20.3. The van der Waals surface area contributed by atoms with Gasteiger partial charge in [0.15, 0.2) is 6.61 Å². The van der Waals surface area contributed by atoms with E-state index in [-0.39, 0.29) is 24.3 Å². The predicted octanol–water partition coefficient (Wildman–Crippen LogP) is 0.113. The van der Waals surface area contributed by atoms with E-state index < -0.39 is 29.6 Å². The summed E-state index contributed by atoms with van der Waals surface area (Å²) in [5, 5.41) is 3.74. The van der Waals surface area contributed by atoms with Crippen molar-refractivity contribution in [2.45, 2.75) is 40.2 Å². The van der Waals surface area contributed by atoms with Crippen molar-refractivity contribution in [3.8, 4) is 0 Å². The number of ether oxygens (including phenoxy) is 1. The van der Waals surface area contributed by atoms with E-state index in [9.17, 15) is 19.2 Å². The Morgan fingerprint density at radius 3 is 2.48 bits per heavy atom. The summed E-state index contributed by atoms with van der Waals surface area (Å²) >= 11 is 0. The highest BCUT2D eigenvalue weighted by molar-refractivity contribution is 6.01. The Bertz CT molecular complexity index is 979. The third-order valence-electron chi connectivity index (χ3n) is 4.18. The van der Waals surface area contributed by atoms with Crippen LogP contribution in [-0.4, -0.2) is 32.7 Å². The summed E-state index contributed by atoms with van der Waals surface area (Å²) < 4.78 is 11.9. The molecule has 0 saturated carbocycles. The number of aryl methyl sites for hydroxylation is 2. The van der Waals surface area contributed by atoms with Crippen LogP contribution in [0.15, 0.2) is 14.1 Å². The van der Waals surface area contributed by atoms with E-state index in [1.807, 2.05) is 6.92 Å². The minimum absolute atomic E-state index is 0.114. The third-order valence-corrected chi connectivity index (χ3v) is 4.18. The molecule has 0 atom stereocenters. The molecule has 0 aliphatic carbocycles. The number of esters is 1. The summed E-state index contributed by atoms with van der Waals surface area (Å²) in [5.41, 5.74) is 5.21. The highest BCUT2D eigenvalue weighted by Crippen LogP contribution is 2.13. The van der Waals surface area contributed by atoms with Crippen LogP contribution < -0.4 is 17.0 Å². The molecule has 0 spiro atoms. The summed E-state index contributed by atoms with van der Waals surface area (Å²) in [5.74, 6) is -1.18. The summed E-state index contributed by atoms with van der Waals surface area (Å²) in [7, 11) is 1.26. The molecule has 2 heterocycles. The van der Waals surface area contributed by atoms with Gasteiger partial charge in [0, 0.05) is 19.2 Å². The van der Waals surface area contributed by atoms with Gasteiger partial charge < -0.3 is 15.0 Å². The van der Waals surface area contributed by atoms with Crippen LogP contribution in [0.1, 0.15) is 40.7 Å². The van der Waals surface area contributed by atoms with Gasteiger partial charge in [-0.25, -0.2) is 4.79 Å². The van der Waals surface area contributed by atoms with Gasteiger partial charge in [0.2, 0.25) is 5.78 Å². The van der Waals surface area contributed by atoms with Gasteiger partial charge in [-0.3, -0.25) is 23.5 Å². The largest absolute Gasteiger partial charge is 0.457 e. The van der Waals surface area contributed by atoms with Gasteiger partial charge in [-0.1, -0.05) is 12.1 Å². The number of ketones is 1. The first-order chi connectivity index (χ1) is 12.7. The lowest BCUT2D eigenvalue weighted by Gasteiger charge is -2.13. The Morgan fingerprint density at radius 2 is 1.93 bits per heavy atom. The molecule has 2 aromatic heterocycles. The van der Waals surface area contributed by atoms with E-state index in [0.29, 0.717) is 23.4 Å². The number of aromatic nitrogens is 3. The number of hydrogen-bond donors (Lipinski definition) is 1. The molecule has 27 heavy (non-hydrogen) atoms. The molecule has 0 radical (unpaired) electrons. The van der Waals surface area contributed by atoms with Gasteiger partial charge in [-0.05, 0) is 20.3 Å². The molecule has 0 amide bonds. The number of rotatable bonds is 7. The number of anilines is 1. The molecule has 0 aliphatic rings. The molecule has 146 valence electrons. The molecule has 0 bridgehead atoms. The molecule has 0 aliphatic heterocycles. The first-order valence-corrected chi connectivity index (χ1v) is 8.38. The number of carbonyl (C=O) groups excluding carboxylic acids is 2. The zero-order valence-corrected chi connectivity index (χ0v) is 15.7. The van der Waals surface area contributed by atoms with Crippen molar-refractivity contribution in [3.05, 3.63) is 43.4 Å². The molecular weight excluding hydrogens is 356 g/mol. The minimum atomic E-state index is -0.823. The lowest BCUT2D eigenvalue weighted by Crippen LogP contribution is -2.43. The third kappa shape index (κ3) is 3.99. The number of nitrogens with zero attached hydrogens (tertiary/aromatic N) is 3. The van der Waals surface area contributed by atoms with Crippen LogP contribution in [0.4, 0.5) is 5.82 Å². The normalized spacial score (nSPS) is 10.8. The van der Waals surface area contributed by atoms with E-state index >= 15 is 0 Å². The Kier molecular flexibility index (Phi) is 5.98. The van der Waals surface area contributed by atoms with Crippen LogP contribution in [0.25, 0.3) is 0 Å². The van der Waals surface area contributed by atoms with Crippen LogP contribution in [0.3, 0.4) is 0 Å². The predicted molar refractivity (Wildman–Crippen MR) is 95.6 cm³/mol. The Hall–Kier alpha value is -3.17. The SMILES string of the molecule is CCCn1c(N)c(C(=O)COC(=O)Cc2c(C)noc2C)c(=O)n(C)c1=O. The van der Waals surface area contributed by atoms with Crippen molar-refractivity contribution < 1.29 is 18.8 Å². The molecule has 2 aromatic rings. The van der Waals surface area contributed by atoms with Gasteiger partial charge in [0.1, 0.15) is 17.1 Å². The number of nitrogen functional groups attached to an aromatic ring is 1. The second kappa shape index (κ2) is 8.02. The second-order valence-corrected chi connectivity index (χ2v) is 6.12. The van der Waals surface area contributed by atoms with E-state index in [0.717, 1.165) is 9.13 Å². The molecule has 0 aromatic carbocycles. The Labute approximate surface area is 154 Å². The Morgan fingerprint density at radius 1 is 1.26 bits per heavy atom. The lowest BCUT2D eigenvalue weighted by atomic mass is 10.1. The molecule has 2 N–H and O–H groups in total. The van der Waals surface area contributed by atoms with E-state index in [1.165, 1.54) is 7.05 Å². The summed E-state index contributed by atoms with van der Waals surface area (Å²) in [4.78, 5) is 48.8. The molecule has 10 nitrogen and oxygen atoms in total. The average Bonchev–Trinajstić information content (AvgIpc) is 2.94. The second-order valence-electron chi connectivity index (χ2n) is 6.12. The molecular formula is C17H22N4O6. The number of hydrogen-bond acceptors (Lipinski definition) is 8. The van der Waals surface area contributed by atoms with Crippen molar-refractivity contribution in [1.29, 1.82) is 0 Å². The number of nitrogens with two attached hydrogens (primary N) is 1. The fraction of sp³-hybridized carbons (Fsp3) is 0.471. The maximum atomic E-state index is 12.4. The molecule has 10 heteroatoms. The van der Waals surface area contributed by atoms with E-state index in [1.54, 1.807) is 13.8 Å². The van der Waals surface area contributed by atoms with Crippen LogP contribution in [-0.2, 0) is 29.5 Å². The van der Waals surface area contributed by atoms with Crippen molar-refractivity contribution in [2.75, 3.05) is 12.3 Å². The molecule has 0 saturated heterocycles. The fourth-order valence-corrected chi connectivity index (χ4v) is 2.65. The van der Waals surface area contributed by atoms with Gasteiger partial charge in [-0.15, -0.1) is 0 Å². The van der Waals surface area contributed by atoms with E-state index in [2.05, 4.69) is 5.16 Å². The van der Waals surface area contributed by atoms with Gasteiger partial charge in [0.05, 0.1) is 12.1 Å². The molecule has 2 rings (SSSR count). The van der Waals surface area contributed by atoms with Crippen LogP contribution in [0.2, 0.25) is 0 Å². The smallest absolute Gasteiger partial charge is 0.332 e. The van der Waals surface area contributed by atoms with Crippen molar-refractivity contribution >= 4 is 17.6 Å². The topological polar surface area (TPSA) is 139 Å². The van der Waals surface area contributed by atoms with Crippen molar-refractivity contribution in [2.24, 2.45) is 7.05 Å². The molecule has 0 fully saturated rings. The zero-order valence-electron chi connectivity index (χ0n) is 15.7. The maximum absolute atomic E-state index is 12.4. The van der Waals surface area contributed by atoms with Gasteiger partial charge >= 0.3 is 11.7 Å². The van der Waals surface area contributed by atoms with Gasteiger partial charge in [0.25, 0.3) is 5.56 Å². The minimum Gasteiger partial charge on any atom is -0.457 e. The quantitative estimate of drug-likeness (QED) is 0.529. The summed E-state index contributed by atoms with van der Waals surface area (Å²) in [6.45, 7) is 4.77. The summed E-state index contributed by atoms with van der Waals surface area (Å²) in [6.07, 6.45) is 0.472. The van der Waals surface area contributed by atoms with Crippen LogP contribution >= 0.6 is 0 Å². The first-order valence-electron chi connectivity index (χ1n) is 8.38. The maximum Gasteiger partial charge on any atom is 0.332 e. The van der Waals surface area contributed by atoms with Crippen molar-refractivity contribution in [1.82, 2.24) is 14.3 Å². The average molecular weight is 378 g/mol. The van der Waals surface area contributed by atoms with Crippen LogP contribution in [0.5, 0.6) is 0 Å². The van der Waals surface area contributed by atoms with Crippen molar-refractivity contribution in [3.63, 3.8) is 0 Å². The highest BCUT2D eigenvalue weighted by atomic mass is 16.5. The Balaban J connectivity index is 2.20. The summed E-state index contributed by atoms with van der Waals surface area (Å²) in [6, 6.07) is 0. The highest BCUT2D eigenvalue weighted by Gasteiger charge is 2.23. The number of Topliss-reactive ketones (excluding diaryl/α,β-unsaturated/α-hetero) is 1. The lowest BCUT2D eigenvalue weighted by molar-refractivity contribution is -0.141. The first kappa shape index (κ1) is 20.1. The standard InChI is InChI=1S/C17H22N4O6/c1-5-6-21-15(18)14(16(24)20(4)17(21)25)12(22)8-26-13(23)7-11-9(2)19-27-10(11)3/h5-8,18H2,1-4H3.